The van der Waals surface area contributed by atoms with Crippen LogP contribution in [0.2, 0.25) is 0 Å². The lowest BCUT2D eigenvalue weighted by Crippen LogP contribution is -2.28. The summed E-state index contributed by atoms with van der Waals surface area (Å²) in [5.41, 5.74) is 1.48. The monoisotopic (exact) mass is 526 g/mol. The van der Waals surface area contributed by atoms with Crippen molar-refractivity contribution in [2.24, 2.45) is 5.41 Å². The molecule has 0 radical (unpaired) electrons. The minimum atomic E-state index is -0.946. The van der Waals surface area contributed by atoms with Gasteiger partial charge in [0.25, 0.3) is 5.91 Å². The first-order valence-electron chi connectivity index (χ1n) is 8.47. The van der Waals surface area contributed by atoms with Gasteiger partial charge in [-0.3, -0.25) is 15.3 Å². The molecule has 0 saturated carbocycles. The van der Waals surface area contributed by atoms with Gasteiger partial charge >= 0.3 is 6.09 Å². The van der Waals surface area contributed by atoms with E-state index in [0.29, 0.717) is 15.7 Å². The zero-order valence-electron chi connectivity index (χ0n) is 15.6. The van der Waals surface area contributed by atoms with Crippen LogP contribution < -0.4 is 10.8 Å². The minimum absolute atomic E-state index is 0.0669. The van der Waals surface area contributed by atoms with Gasteiger partial charge in [-0.1, -0.05) is 51.8 Å². The van der Waals surface area contributed by atoms with Gasteiger partial charge in [-0.15, -0.1) is 0 Å². The first kappa shape index (κ1) is 22.9. The largest absolute Gasteiger partial charge is 0.508 e. The maximum absolute atomic E-state index is 12.5. The Labute approximate surface area is 185 Å². The number of rotatable bonds is 6. The van der Waals surface area contributed by atoms with Crippen molar-refractivity contribution in [3.05, 3.63) is 69.1 Å². The number of halogens is 2. The molecule has 0 aliphatic carbocycles. The summed E-state index contributed by atoms with van der Waals surface area (Å²) < 4.78 is 7.19. The van der Waals surface area contributed by atoms with Crippen LogP contribution in [0.3, 0.4) is 0 Å². The Morgan fingerprint density at radius 1 is 1.10 bits per heavy atom. The lowest BCUT2D eigenvalue weighted by Gasteiger charge is -2.32. The molecule has 0 saturated heterocycles. The van der Waals surface area contributed by atoms with Crippen molar-refractivity contribution in [3.63, 3.8) is 0 Å². The molecule has 7 nitrogen and oxygen atoms in total. The third-order valence-corrected chi connectivity index (χ3v) is 5.06. The summed E-state index contributed by atoms with van der Waals surface area (Å²) in [4.78, 5) is 23.9. The highest BCUT2D eigenvalue weighted by atomic mass is 79.9. The minimum Gasteiger partial charge on any atom is -0.508 e. The van der Waals surface area contributed by atoms with Crippen molar-refractivity contribution in [1.82, 2.24) is 5.48 Å². The lowest BCUT2D eigenvalue weighted by atomic mass is 9.81. The van der Waals surface area contributed by atoms with Gasteiger partial charge in [0.05, 0.1) is 0 Å². The summed E-state index contributed by atoms with van der Waals surface area (Å²) in [6.45, 7) is 3.46. The standard InChI is InChI=1S/C20H20Br2N2O5/c1-20(2,10-9-17(26)24-28)18(15-11-13(22)5-8-16(15)25)29-19(27)23-14-6-3-12(21)4-7-14/h3-11,18,25,28H,1-2H3,(H,23,27)(H,24,26)/b10-9+/t18-/m1/s1. The maximum atomic E-state index is 12.5. The summed E-state index contributed by atoms with van der Waals surface area (Å²) in [6, 6.07) is 11.7. The first-order valence-corrected chi connectivity index (χ1v) is 10.1. The average molecular weight is 528 g/mol. The number of ether oxygens (including phenoxy) is 1. The quantitative estimate of drug-likeness (QED) is 0.232. The Morgan fingerprint density at radius 3 is 2.34 bits per heavy atom. The predicted octanol–water partition coefficient (Wildman–Crippen LogP) is 5.29. The molecule has 0 aromatic heterocycles. The molecular formula is C20H20Br2N2O5. The summed E-state index contributed by atoms with van der Waals surface area (Å²) in [6.07, 6.45) is 0.928. The molecule has 154 valence electrons. The summed E-state index contributed by atoms with van der Waals surface area (Å²) in [5, 5.41) is 21.7. The first-order chi connectivity index (χ1) is 13.6. The van der Waals surface area contributed by atoms with Gasteiger partial charge in [-0.05, 0) is 42.5 Å². The summed E-state index contributed by atoms with van der Waals surface area (Å²) in [7, 11) is 0. The molecule has 2 rings (SSSR count). The van der Waals surface area contributed by atoms with Gasteiger partial charge in [0.2, 0.25) is 0 Å². The molecule has 29 heavy (non-hydrogen) atoms. The Morgan fingerprint density at radius 2 is 1.72 bits per heavy atom. The molecule has 2 amide bonds. The van der Waals surface area contributed by atoms with Gasteiger partial charge in [0.15, 0.2) is 0 Å². The molecule has 0 bridgehead atoms. The van der Waals surface area contributed by atoms with Crippen LogP contribution in [0.4, 0.5) is 10.5 Å². The number of hydroxylamine groups is 1. The van der Waals surface area contributed by atoms with Crippen molar-refractivity contribution in [1.29, 1.82) is 0 Å². The molecule has 0 spiro atoms. The molecular weight excluding hydrogens is 508 g/mol. The lowest BCUT2D eigenvalue weighted by molar-refractivity contribution is -0.124. The second-order valence-electron chi connectivity index (χ2n) is 6.75. The predicted molar refractivity (Wildman–Crippen MR) is 116 cm³/mol. The van der Waals surface area contributed by atoms with Crippen molar-refractivity contribution >= 4 is 49.5 Å². The number of hydrogen-bond acceptors (Lipinski definition) is 5. The third kappa shape index (κ3) is 6.59. The van der Waals surface area contributed by atoms with E-state index >= 15 is 0 Å². The SMILES string of the molecule is CC(C)(/C=C/C(=O)NO)[C@H](OC(=O)Nc1ccc(Br)cc1)c1cc(Br)ccc1O. The molecule has 0 unspecified atom stereocenters. The van der Waals surface area contributed by atoms with Crippen LogP contribution in [0.5, 0.6) is 5.75 Å². The van der Waals surface area contributed by atoms with Crippen LogP contribution in [0.15, 0.2) is 63.6 Å². The number of anilines is 1. The van der Waals surface area contributed by atoms with E-state index in [1.165, 1.54) is 17.6 Å². The number of benzene rings is 2. The van der Waals surface area contributed by atoms with E-state index in [1.807, 2.05) is 0 Å². The fraction of sp³-hybridized carbons (Fsp3) is 0.200. The number of hydrogen-bond donors (Lipinski definition) is 4. The second kappa shape index (κ2) is 9.91. The Balaban J connectivity index is 2.34. The maximum Gasteiger partial charge on any atom is 0.412 e. The fourth-order valence-corrected chi connectivity index (χ4v) is 3.20. The van der Waals surface area contributed by atoms with E-state index < -0.39 is 23.5 Å². The van der Waals surface area contributed by atoms with E-state index in [9.17, 15) is 14.7 Å². The normalized spacial score (nSPS) is 12.4. The molecule has 0 aliphatic rings. The van der Waals surface area contributed by atoms with Crippen LogP contribution in [0.25, 0.3) is 0 Å². The molecule has 2 aromatic carbocycles. The molecule has 1 atom stereocenters. The highest BCUT2D eigenvalue weighted by Crippen LogP contribution is 2.42. The Kier molecular flexibility index (Phi) is 7.83. The number of phenolic OH excluding ortho intramolecular Hbond substituents is 1. The highest BCUT2D eigenvalue weighted by Gasteiger charge is 2.34. The number of aromatic hydroxyl groups is 1. The van der Waals surface area contributed by atoms with Crippen LogP contribution in [0, 0.1) is 5.41 Å². The zero-order valence-corrected chi connectivity index (χ0v) is 18.8. The Hall–Kier alpha value is -2.36. The van der Waals surface area contributed by atoms with Gasteiger partial charge < -0.3 is 9.84 Å². The summed E-state index contributed by atoms with van der Waals surface area (Å²) in [5.74, 6) is -0.794. The molecule has 9 heteroatoms. The number of carbonyl (C=O) groups is 2. The summed E-state index contributed by atoms with van der Waals surface area (Å²) >= 11 is 6.67. The molecule has 0 aliphatic heterocycles. The van der Waals surface area contributed by atoms with Gasteiger partial charge in [-0.2, -0.15) is 0 Å². The van der Waals surface area contributed by atoms with Crippen molar-refractivity contribution < 1.29 is 24.6 Å². The number of phenols is 1. The van der Waals surface area contributed by atoms with Gasteiger partial charge in [0.1, 0.15) is 11.9 Å². The van der Waals surface area contributed by atoms with Crippen LogP contribution in [-0.2, 0) is 9.53 Å². The average Bonchev–Trinajstić information content (AvgIpc) is 2.68. The topological polar surface area (TPSA) is 108 Å². The van der Waals surface area contributed by atoms with Gasteiger partial charge in [0, 0.05) is 31.7 Å². The van der Waals surface area contributed by atoms with E-state index in [1.54, 1.807) is 50.2 Å². The van der Waals surface area contributed by atoms with Crippen LogP contribution in [-0.4, -0.2) is 22.3 Å². The van der Waals surface area contributed by atoms with Crippen LogP contribution >= 0.6 is 31.9 Å². The number of nitrogens with one attached hydrogen (secondary N) is 2. The molecule has 0 fully saturated rings. The third-order valence-electron chi connectivity index (χ3n) is 4.04. The van der Waals surface area contributed by atoms with Gasteiger partial charge in [-0.25, -0.2) is 10.3 Å². The van der Waals surface area contributed by atoms with E-state index in [-0.39, 0.29) is 5.75 Å². The van der Waals surface area contributed by atoms with E-state index in [4.69, 9.17) is 9.94 Å². The van der Waals surface area contributed by atoms with Crippen molar-refractivity contribution in [2.45, 2.75) is 20.0 Å². The van der Waals surface area contributed by atoms with Crippen molar-refractivity contribution in [3.8, 4) is 5.75 Å². The number of amides is 2. The second-order valence-corrected chi connectivity index (χ2v) is 8.58. The van der Waals surface area contributed by atoms with E-state index in [0.717, 1.165) is 10.5 Å². The smallest absolute Gasteiger partial charge is 0.412 e. The molecule has 2 aromatic rings. The highest BCUT2D eigenvalue weighted by molar-refractivity contribution is 9.10. The van der Waals surface area contributed by atoms with E-state index in [2.05, 4.69) is 37.2 Å². The molecule has 4 N–H and O–H groups in total. The molecule has 0 heterocycles. The van der Waals surface area contributed by atoms with Crippen molar-refractivity contribution in [2.75, 3.05) is 5.32 Å². The van der Waals surface area contributed by atoms with Crippen LogP contribution in [0.1, 0.15) is 25.5 Å². The zero-order chi connectivity index (χ0) is 21.6. The Bertz CT molecular complexity index is 914. The fourth-order valence-electron chi connectivity index (χ4n) is 2.55. The number of carbonyl (C=O) groups excluding carboxylic acids is 2.